The van der Waals surface area contributed by atoms with Crippen molar-refractivity contribution in [2.24, 2.45) is 0 Å². The average Bonchev–Trinajstić information content (AvgIpc) is 2.73. The Hall–Kier alpha value is -0.970. The Morgan fingerprint density at radius 1 is 1.44 bits per heavy atom. The predicted octanol–water partition coefficient (Wildman–Crippen LogP) is 2.59. The molecule has 1 atom stereocenters. The Labute approximate surface area is 99.5 Å². The summed E-state index contributed by atoms with van der Waals surface area (Å²) in [5.74, 6) is 0. The number of benzene rings is 1. The van der Waals surface area contributed by atoms with E-state index in [1.165, 1.54) is 4.70 Å². The van der Waals surface area contributed by atoms with Gasteiger partial charge in [0.15, 0.2) is 0 Å². The topological polar surface area (TPSA) is 34.1 Å². The standard InChI is InChI=1S/C12H16N2OS/c1-9(13-7-8-15-2)12-14-10-5-3-4-6-11(10)16-12/h3-6,9,13H,7-8H2,1-2H3. The zero-order chi connectivity index (χ0) is 11.4. The molecule has 0 amide bonds. The SMILES string of the molecule is COCCNC(C)c1nc2ccccc2s1. The smallest absolute Gasteiger partial charge is 0.111 e. The van der Waals surface area contributed by atoms with Crippen LogP contribution in [-0.4, -0.2) is 25.2 Å². The van der Waals surface area contributed by atoms with E-state index in [0.29, 0.717) is 0 Å². The summed E-state index contributed by atoms with van der Waals surface area (Å²) in [6.45, 7) is 3.72. The van der Waals surface area contributed by atoms with Gasteiger partial charge in [0.25, 0.3) is 0 Å². The normalized spacial score (nSPS) is 13.1. The van der Waals surface area contributed by atoms with Gasteiger partial charge in [-0.05, 0) is 19.1 Å². The van der Waals surface area contributed by atoms with Gasteiger partial charge in [0.05, 0.1) is 22.9 Å². The maximum absolute atomic E-state index is 5.01. The molecule has 0 spiro atoms. The third-order valence-corrected chi connectivity index (χ3v) is 3.66. The first-order valence-electron chi connectivity index (χ1n) is 5.39. The van der Waals surface area contributed by atoms with Crippen molar-refractivity contribution in [3.05, 3.63) is 29.3 Å². The second kappa shape index (κ2) is 5.39. The first-order valence-corrected chi connectivity index (χ1v) is 6.20. The van der Waals surface area contributed by atoms with Crippen LogP contribution in [-0.2, 0) is 4.74 Å². The molecule has 1 N–H and O–H groups in total. The molecule has 0 saturated carbocycles. The van der Waals surface area contributed by atoms with E-state index >= 15 is 0 Å². The molecule has 0 bridgehead atoms. The van der Waals surface area contributed by atoms with Crippen LogP contribution >= 0.6 is 11.3 Å². The van der Waals surface area contributed by atoms with Crippen LogP contribution in [0.25, 0.3) is 10.2 Å². The lowest BCUT2D eigenvalue weighted by Gasteiger charge is -2.09. The second-order valence-electron chi connectivity index (χ2n) is 3.69. The maximum Gasteiger partial charge on any atom is 0.111 e. The van der Waals surface area contributed by atoms with Gasteiger partial charge in [-0.25, -0.2) is 4.98 Å². The molecular weight excluding hydrogens is 220 g/mol. The van der Waals surface area contributed by atoms with Gasteiger partial charge in [-0.3, -0.25) is 0 Å². The monoisotopic (exact) mass is 236 g/mol. The zero-order valence-corrected chi connectivity index (χ0v) is 10.4. The third-order valence-electron chi connectivity index (χ3n) is 2.44. The lowest BCUT2D eigenvalue weighted by atomic mass is 10.3. The van der Waals surface area contributed by atoms with Crippen molar-refractivity contribution in [3.63, 3.8) is 0 Å². The molecule has 0 fully saturated rings. The van der Waals surface area contributed by atoms with Crippen LogP contribution in [0.1, 0.15) is 18.0 Å². The first kappa shape index (κ1) is 11.5. The molecule has 1 aromatic heterocycles. The number of fused-ring (bicyclic) bond motifs is 1. The fourth-order valence-corrected chi connectivity index (χ4v) is 2.53. The summed E-state index contributed by atoms with van der Waals surface area (Å²) in [5, 5.41) is 4.52. The van der Waals surface area contributed by atoms with Crippen LogP contribution in [0.5, 0.6) is 0 Å². The minimum atomic E-state index is 0.285. The van der Waals surface area contributed by atoms with Crippen LogP contribution in [0.3, 0.4) is 0 Å². The number of methoxy groups -OCH3 is 1. The van der Waals surface area contributed by atoms with Crippen LogP contribution in [0.2, 0.25) is 0 Å². The molecule has 3 nitrogen and oxygen atoms in total. The number of ether oxygens (including phenoxy) is 1. The molecule has 2 rings (SSSR count). The highest BCUT2D eigenvalue weighted by Crippen LogP contribution is 2.25. The minimum Gasteiger partial charge on any atom is -0.383 e. The molecular formula is C12H16N2OS. The van der Waals surface area contributed by atoms with Gasteiger partial charge in [0.2, 0.25) is 0 Å². The summed E-state index contributed by atoms with van der Waals surface area (Å²) in [5.41, 5.74) is 1.09. The number of rotatable bonds is 5. The zero-order valence-electron chi connectivity index (χ0n) is 9.56. The van der Waals surface area contributed by atoms with E-state index in [1.54, 1.807) is 18.4 Å². The molecule has 1 unspecified atom stereocenters. The van der Waals surface area contributed by atoms with E-state index in [9.17, 15) is 0 Å². The summed E-state index contributed by atoms with van der Waals surface area (Å²) in [6.07, 6.45) is 0. The maximum atomic E-state index is 5.01. The number of nitrogens with one attached hydrogen (secondary N) is 1. The second-order valence-corrected chi connectivity index (χ2v) is 4.75. The van der Waals surface area contributed by atoms with Gasteiger partial charge >= 0.3 is 0 Å². The van der Waals surface area contributed by atoms with Gasteiger partial charge < -0.3 is 10.1 Å². The fraction of sp³-hybridized carbons (Fsp3) is 0.417. The van der Waals surface area contributed by atoms with Gasteiger partial charge in [-0.2, -0.15) is 0 Å². The van der Waals surface area contributed by atoms with Gasteiger partial charge in [-0.15, -0.1) is 11.3 Å². The first-order chi connectivity index (χ1) is 7.81. The number of thiazole rings is 1. The van der Waals surface area contributed by atoms with E-state index < -0.39 is 0 Å². The molecule has 0 aliphatic rings. The minimum absolute atomic E-state index is 0.285. The molecule has 1 aromatic carbocycles. The highest BCUT2D eigenvalue weighted by molar-refractivity contribution is 7.18. The van der Waals surface area contributed by atoms with Crippen LogP contribution < -0.4 is 5.32 Å². The summed E-state index contributed by atoms with van der Waals surface area (Å²) < 4.78 is 6.26. The predicted molar refractivity (Wildman–Crippen MR) is 67.9 cm³/mol. The van der Waals surface area contributed by atoms with Crippen LogP contribution in [0, 0.1) is 0 Å². The summed E-state index contributed by atoms with van der Waals surface area (Å²) >= 11 is 1.75. The van der Waals surface area contributed by atoms with Gasteiger partial charge in [0, 0.05) is 13.7 Å². The van der Waals surface area contributed by atoms with E-state index in [0.717, 1.165) is 23.7 Å². The van der Waals surface area contributed by atoms with E-state index in [1.807, 2.05) is 12.1 Å². The molecule has 2 aromatic rings. The largest absolute Gasteiger partial charge is 0.383 e. The van der Waals surface area contributed by atoms with Gasteiger partial charge in [0.1, 0.15) is 5.01 Å². The Morgan fingerprint density at radius 2 is 2.25 bits per heavy atom. The summed E-state index contributed by atoms with van der Waals surface area (Å²) in [4.78, 5) is 4.61. The van der Waals surface area contributed by atoms with Crippen LogP contribution in [0.15, 0.2) is 24.3 Å². The molecule has 0 saturated heterocycles. The van der Waals surface area contributed by atoms with E-state index in [4.69, 9.17) is 4.74 Å². The highest BCUT2D eigenvalue weighted by Gasteiger charge is 2.09. The highest BCUT2D eigenvalue weighted by atomic mass is 32.1. The Balaban J connectivity index is 2.07. The number of hydrogen-bond acceptors (Lipinski definition) is 4. The number of para-hydroxylation sites is 1. The molecule has 0 aliphatic carbocycles. The van der Waals surface area contributed by atoms with Crippen molar-refractivity contribution in [3.8, 4) is 0 Å². The molecule has 0 aliphatic heterocycles. The van der Waals surface area contributed by atoms with E-state index in [2.05, 4.69) is 29.4 Å². The van der Waals surface area contributed by atoms with Crippen molar-refractivity contribution in [1.82, 2.24) is 10.3 Å². The third kappa shape index (κ3) is 2.58. The van der Waals surface area contributed by atoms with Crippen molar-refractivity contribution in [2.75, 3.05) is 20.3 Å². The quantitative estimate of drug-likeness (QED) is 0.810. The number of nitrogens with zero attached hydrogens (tertiary/aromatic N) is 1. The fourth-order valence-electron chi connectivity index (χ4n) is 1.54. The number of hydrogen-bond donors (Lipinski definition) is 1. The Bertz CT molecular complexity index is 422. The van der Waals surface area contributed by atoms with Crippen molar-refractivity contribution in [2.45, 2.75) is 13.0 Å². The average molecular weight is 236 g/mol. The van der Waals surface area contributed by atoms with Crippen molar-refractivity contribution < 1.29 is 4.74 Å². The van der Waals surface area contributed by atoms with E-state index in [-0.39, 0.29) is 6.04 Å². The lowest BCUT2D eigenvalue weighted by molar-refractivity contribution is 0.196. The van der Waals surface area contributed by atoms with Crippen molar-refractivity contribution >= 4 is 21.6 Å². The molecule has 16 heavy (non-hydrogen) atoms. The van der Waals surface area contributed by atoms with Gasteiger partial charge in [-0.1, -0.05) is 12.1 Å². The lowest BCUT2D eigenvalue weighted by Crippen LogP contribution is -2.22. The molecule has 4 heteroatoms. The van der Waals surface area contributed by atoms with Crippen LogP contribution in [0.4, 0.5) is 0 Å². The summed E-state index contributed by atoms with van der Waals surface area (Å²) in [7, 11) is 1.71. The molecule has 1 heterocycles. The Morgan fingerprint density at radius 3 is 3.00 bits per heavy atom. The molecule has 86 valence electrons. The number of aromatic nitrogens is 1. The van der Waals surface area contributed by atoms with Crippen molar-refractivity contribution in [1.29, 1.82) is 0 Å². The Kier molecular flexibility index (Phi) is 3.88. The summed E-state index contributed by atoms with van der Waals surface area (Å²) in [6, 6.07) is 8.52. The molecule has 0 radical (unpaired) electrons.